The van der Waals surface area contributed by atoms with Crippen molar-refractivity contribution in [3.05, 3.63) is 12.5 Å². The molecule has 1 aliphatic heterocycles. The molecule has 0 saturated carbocycles. The van der Waals surface area contributed by atoms with E-state index in [1.165, 1.54) is 0 Å². The van der Waals surface area contributed by atoms with Crippen molar-refractivity contribution >= 4 is 17.1 Å². The second kappa shape index (κ2) is 3.14. The molecule has 1 saturated heterocycles. The lowest BCUT2D eigenvalue weighted by Gasteiger charge is -2.10. The molecule has 2 N–H and O–H groups in total. The number of anilines is 1. The zero-order valence-electron chi connectivity index (χ0n) is 7.83. The molecular formula is C8H9N5O2. The van der Waals surface area contributed by atoms with Crippen molar-refractivity contribution < 1.29 is 9.47 Å². The summed E-state index contributed by atoms with van der Waals surface area (Å²) >= 11 is 0. The van der Waals surface area contributed by atoms with Crippen molar-refractivity contribution in [2.24, 2.45) is 0 Å². The maximum Gasteiger partial charge on any atom is 0.246 e. The Bertz CT molecular complexity index is 491. The van der Waals surface area contributed by atoms with Gasteiger partial charge in [0.05, 0.1) is 19.4 Å². The molecule has 7 heteroatoms. The molecule has 3 heterocycles. The fourth-order valence-corrected chi connectivity index (χ4v) is 1.50. The number of nitrogens with zero attached hydrogens (tertiary/aromatic N) is 4. The number of hydrogen-bond donors (Lipinski definition) is 1. The van der Waals surface area contributed by atoms with Gasteiger partial charge >= 0.3 is 0 Å². The Morgan fingerprint density at radius 1 is 1.33 bits per heavy atom. The van der Waals surface area contributed by atoms with E-state index >= 15 is 0 Å². The number of nitrogens with two attached hydrogens (primary N) is 1. The van der Waals surface area contributed by atoms with Crippen LogP contribution in [0, 0.1) is 0 Å². The Kier molecular flexibility index (Phi) is 1.79. The van der Waals surface area contributed by atoms with Crippen molar-refractivity contribution in [3.63, 3.8) is 0 Å². The fourth-order valence-electron chi connectivity index (χ4n) is 1.50. The Balaban J connectivity index is 2.13. The van der Waals surface area contributed by atoms with Crippen LogP contribution < -0.4 is 5.73 Å². The number of hydrogen-bond acceptors (Lipinski definition) is 6. The lowest BCUT2D eigenvalue weighted by molar-refractivity contribution is -0.0984. The van der Waals surface area contributed by atoms with Gasteiger partial charge in [0.2, 0.25) is 12.4 Å². The van der Waals surface area contributed by atoms with Gasteiger partial charge in [0, 0.05) is 0 Å². The molecule has 1 aliphatic rings. The Hall–Kier alpha value is -1.73. The van der Waals surface area contributed by atoms with E-state index in [0.717, 1.165) is 0 Å². The first-order chi connectivity index (χ1) is 7.34. The van der Waals surface area contributed by atoms with Crippen LogP contribution in [0.3, 0.4) is 0 Å². The third-order valence-electron chi connectivity index (χ3n) is 2.17. The van der Waals surface area contributed by atoms with Crippen molar-refractivity contribution in [1.29, 1.82) is 0 Å². The minimum atomic E-state index is -0.454. The van der Waals surface area contributed by atoms with Gasteiger partial charge in [-0.15, -0.1) is 0 Å². The number of aromatic nitrogens is 4. The molecule has 1 fully saturated rings. The van der Waals surface area contributed by atoms with E-state index in [4.69, 9.17) is 15.2 Å². The summed E-state index contributed by atoms with van der Waals surface area (Å²) in [6.45, 7) is 1.15. The topological polar surface area (TPSA) is 88.1 Å². The lowest BCUT2D eigenvalue weighted by atomic mass is 10.5. The highest BCUT2D eigenvalue weighted by Crippen LogP contribution is 2.21. The first kappa shape index (κ1) is 8.57. The average Bonchev–Trinajstić information content (AvgIpc) is 2.83. The molecule has 0 atom stereocenters. The number of ether oxygens (including phenoxy) is 2. The van der Waals surface area contributed by atoms with E-state index in [-0.39, 0.29) is 5.95 Å². The number of nitrogen functional groups attached to an aromatic ring is 1. The van der Waals surface area contributed by atoms with Crippen LogP contribution in [0.2, 0.25) is 0 Å². The standard InChI is InChI=1S/C8H9N5O2/c9-7-10-3-5-6(12-7)13(4-11-5)8-14-1-2-15-8/h3-4,8H,1-2H2,(H2,9,10,12). The lowest BCUT2D eigenvalue weighted by Crippen LogP contribution is -2.09. The highest BCUT2D eigenvalue weighted by molar-refractivity contribution is 5.70. The highest BCUT2D eigenvalue weighted by Gasteiger charge is 2.20. The van der Waals surface area contributed by atoms with E-state index < -0.39 is 6.41 Å². The van der Waals surface area contributed by atoms with E-state index in [1.807, 2.05) is 0 Å². The fraction of sp³-hybridized carbons (Fsp3) is 0.375. The molecule has 0 aliphatic carbocycles. The Labute approximate surface area is 84.8 Å². The maximum atomic E-state index is 5.51. The maximum absolute atomic E-state index is 5.51. The molecule has 0 unspecified atom stereocenters. The largest absolute Gasteiger partial charge is 0.368 e. The first-order valence-corrected chi connectivity index (χ1v) is 4.53. The van der Waals surface area contributed by atoms with Gasteiger partial charge in [0.15, 0.2) is 5.65 Å². The zero-order valence-corrected chi connectivity index (χ0v) is 7.83. The van der Waals surface area contributed by atoms with Crippen LogP contribution in [0.4, 0.5) is 5.95 Å². The summed E-state index contributed by atoms with van der Waals surface area (Å²) in [6.07, 6.45) is 2.72. The monoisotopic (exact) mass is 207 g/mol. The molecule has 78 valence electrons. The van der Waals surface area contributed by atoms with Crippen LogP contribution in [0.5, 0.6) is 0 Å². The number of imidazole rings is 1. The average molecular weight is 207 g/mol. The molecule has 0 bridgehead atoms. The molecule has 7 nitrogen and oxygen atoms in total. The molecule has 2 aromatic heterocycles. The summed E-state index contributed by atoms with van der Waals surface area (Å²) in [5, 5.41) is 0. The van der Waals surface area contributed by atoms with Crippen LogP contribution in [-0.4, -0.2) is 32.7 Å². The summed E-state index contributed by atoms with van der Waals surface area (Å²) in [7, 11) is 0. The molecule has 0 amide bonds. The molecule has 2 aromatic rings. The third-order valence-corrected chi connectivity index (χ3v) is 2.17. The van der Waals surface area contributed by atoms with Crippen LogP contribution >= 0.6 is 0 Å². The minimum absolute atomic E-state index is 0.210. The quantitative estimate of drug-likeness (QED) is 0.703. The molecule has 0 radical (unpaired) electrons. The van der Waals surface area contributed by atoms with Crippen molar-refractivity contribution in [1.82, 2.24) is 19.5 Å². The van der Waals surface area contributed by atoms with Crippen LogP contribution in [0.1, 0.15) is 6.41 Å². The van der Waals surface area contributed by atoms with Gasteiger partial charge < -0.3 is 15.2 Å². The molecule has 0 spiro atoms. The van der Waals surface area contributed by atoms with Crippen LogP contribution in [0.15, 0.2) is 12.5 Å². The van der Waals surface area contributed by atoms with Crippen molar-refractivity contribution in [2.75, 3.05) is 18.9 Å². The number of rotatable bonds is 1. The molecule has 0 aromatic carbocycles. The van der Waals surface area contributed by atoms with Crippen LogP contribution in [0.25, 0.3) is 11.2 Å². The normalized spacial score (nSPS) is 17.6. The molecule has 15 heavy (non-hydrogen) atoms. The van der Waals surface area contributed by atoms with E-state index in [2.05, 4.69) is 15.0 Å². The Morgan fingerprint density at radius 2 is 2.13 bits per heavy atom. The molecular weight excluding hydrogens is 198 g/mol. The number of fused-ring (bicyclic) bond motifs is 1. The minimum Gasteiger partial charge on any atom is -0.368 e. The van der Waals surface area contributed by atoms with Crippen molar-refractivity contribution in [2.45, 2.75) is 6.41 Å². The smallest absolute Gasteiger partial charge is 0.246 e. The highest BCUT2D eigenvalue weighted by atomic mass is 16.7. The zero-order chi connectivity index (χ0) is 10.3. The predicted molar refractivity (Wildman–Crippen MR) is 50.7 cm³/mol. The second-order valence-electron chi connectivity index (χ2n) is 3.14. The summed E-state index contributed by atoms with van der Waals surface area (Å²) in [5.74, 6) is 0.210. The third kappa shape index (κ3) is 1.32. The summed E-state index contributed by atoms with van der Waals surface area (Å²) < 4.78 is 12.4. The van der Waals surface area contributed by atoms with Crippen LogP contribution in [-0.2, 0) is 9.47 Å². The summed E-state index contributed by atoms with van der Waals surface area (Å²) in [4.78, 5) is 12.1. The second-order valence-corrected chi connectivity index (χ2v) is 3.14. The van der Waals surface area contributed by atoms with E-state index in [1.54, 1.807) is 17.1 Å². The summed E-state index contributed by atoms with van der Waals surface area (Å²) in [5.41, 5.74) is 6.80. The van der Waals surface area contributed by atoms with Gasteiger partial charge in [-0.3, -0.25) is 4.57 Å². The van der Waals surface area contributed by atoms with Gasteiger partial charge in [0.25, 0.3) is 0 Å². The van der Waals surface area contributed by atoms with Gasteiger partial charge in [-0.05, 0) is 0 Å². The van der Waals surface area contributed by atoms with E-state index in [0.29, 0.717) is 24.4 Å². The van der Waals surface area contributed by atoms with Gasteiger partial charge in [0.1, 0.15) is 11.8 Å². The SMILES string of the molecule is Nc1ncc2ncn(C3OCCO3)c2n1. The van der Waals surface area contributed by atoms with Gasteiger partial charge in [-0.2, -0.15) is 4.98 Å². The van der Waals surface area contributed by atoms with Gasteiger partial charge in [-0.1, -0.05) is 0 Å². The van der Waals surface area contributed by atoms with Crippen molar-refractivity contribution in [3.8, 4) is 0 Å². The van der Waals surface area contributed by atoms with E-state index in [9.17, 15) is 0 Å². The first-order valence-electron chi connectivity index (χ1n) is 4.53. The summed E-state index contributed by atoms with van der Waals surface area (Å²) in [6, 6.07) is 0. The van der Waals surface area contributed by atoms with Gasteiger partial charge in [-0.25, -0.2) is 9.97 Å². The Morgan fingerprint density at radius 3 is 2.93 bits per heavy atom. The predicted octanol–water partition coefficient (Wildman–Crippen LogP) is -0.0886. The molecule has 3 rings (SSSR count).